The molecule has 0 unspecified atom stereocenters. The van der Waals surface area contributed by atoms with E-state index in [1.165, 1.54) is 13.2 Å². The quantitative estimate of drug-likeness (QED) is 0.593. The van der Waals surface area contributed by atoms with Gasteiger partial charge in [-0.3, -0.25) is 4.79 Å². The van der Waals surface area contributed by atoms with E-state index in [9.17, 15) is 14.9 Å². The highest BCUT2D eigenvalue weighted by Crippen LogP contribution is 2.43. The second-order valence-corrected chi connectivity index (χ2v) is 8.24. The van der Waals surface area contributed by atoms with Gasteiger partial charge in [0.25, 0.3) is 5.91 Å². The molecule has 3 rings (SSSR count). The average molecular weight is 448 g/mol. The summed E-state index contributed by atoms with van der Waals surface area (Å²) in [4.78, 5) is 25.0. The zero-order chi connectivity index (χ0) is 23.7. The van der Waals surface area contributed by atoms with Gasteiger partial charge < -0.3 is 20.1 Å². The van der Waals surface area contributed by atoms with E-state index in [4.69, 9.17) is 9.47 Å². The largest absolute Gasteiger partial charge is 0.496 e. The molecule has 7 heteroatoms. The molecule has 1 saturated carbocycles. The number of nitriles is 1. The number of hydrogen-bond donors (Lipinski definition) is 2. The van der Waals surface area contributed by atoms with Crippen molar-refractivity contribution in [1.29, 1.82) is 5.26 Å². The van der Waals surface area contributed by atoms with Crippen molar-refractivity contribution in [2.75, 3.05) is 20.3 Å². The van der Waals surface area contributed by atoms with Gasteiger partial charge in [0.1, 0.15) is 17.9 Å². The first kappa shape index (κ1) is 23.9. The Bertz CT molecular complexity index is 1020. The van der Waals surface area contributed by atoms with Crippen LogP contribution >= 0.6 is 0 Å². The molecule has 1 aliphatic carbocycles. The van der Waals surface area contributed by atoms with Crippen molar-refractivity contribution < 1.29 is 19.1 Å². The molecule has 1 fully saturated rings. The van der Waals surface area contributed by atoms with Crippen molar-refractivity contribution in [1.82, 2.24) is 10.6 Å². The Morgan fingerprint density at radius 1 is 1.09 bits per heavy atom. The van der Waals surface area contributed by atoms with Crippen molar-refractivity contribution in [3.05, 3.63) is 78.4 Å². The van der Waals surface area contributed by atoms with Gasteiger partial charge in [0.15, 0.2) is 0 Å². The molecule has 0 aliphatic heterocycles. The molecular weight excluding hydrogens is 418 g/mol. The summed E-state index contributed by atoms with van der Waals surface area (Å²) in [6.45, 7) is 4.00. The van der Waals surface area contributed by atoms with E-state index in [2.05, 4.69) is 23.3 Å². The average Bonchev–Trinajstić information content (AvgIpc) is 2.87. The lowest BCUT2D eigenvalue weighted by molar-refractivity contribution is 0.0926. The Morgan fingerprint density at radius 2 is 1.76 bits per heavy atom. The minimum atomic E-state index is -1.01. The van der Waals surface area contributed by atoms with Gasteiger partial charge in [-0.05, 0) is 43.4 Å². The van der Waals surface area contributed by atoms with Crippen LogP contribution in [0.15, 0.2) is 67.3 Å². The Balaban J connectivity index is 1.78. The molecule has 2 N–H and O–H groups in total. The summed E-state index contributed by atoms with van der Waals surface area (Å²) in [5.41, 5.74) is 0.179. The highest BCUT2D eigenvalue weighted by atomic mass is 16.5. The van der Waals surface area contributed by atoms with Gasteiger partial charge in [-0.1, -0.05) is 55.1 Å². The Labute approximate surface area is 194 Å². The first-order chi connectivity index (χ1) is 16.0. The highest BCUT2D eigenvalue weighted by molar-refractivity contribution is 5.97. The van der Waals surface area contributed by atoms with Crippen LogP contribution in [0.1, 0.15) is 41.6 Å². The Morgan fingerprint density at radius 3 is 2.39 bits per heavy atom. The van der Waals surface area contributed by atoms with Gasteiger partial charge in [0, 0.05) is 12.0 Å². The maximum Gasteiger partial charge on any atom is 0.408 e. The monoisotopic (exact) mass is 447 g/mol. The van der Waals surface area contributed by atoms with E-state index < -0.39 is 11.6 Å². The number of hydrogen-bond acceptors (Lipinski definition) is 5. The van der Waals surface area contributed by atoms with Gasteiger partial charge in [0.2, 0.25) is 0 Å². The standard InChI is InChI=1S/C26H29N3O4/c1-3-17-33-24(31)29-26(18-27)15-13-25(14-16-26,20-9-5-4-6-10-20)19-28-23(30)21-11-7-8-12-22(21)32-2/h3-12H,1,13-17,19H2,2H3,(H,28,30)(H,29,31). The summed E-state index contributed by atoms with van der Waals surface area (Å²) in [6.07, 6.45) is 2.94. The lowest BCUT2D eigenvalue weighted by Crippen LogP contribution is -2.54. The summed E-state index contributed by atoms with van der Waals surface area (Å²) >= 11 is 0. The van der Waals surface area contributed by atoms with Crippen LogP contribution in [0.2, 0.25) is 0 Å². The number of amides is 2. The lowest BCUT2D eigenvalue weighted by atomic mass is 9.64. The van der Waals surface area contributed by atoms with E-state index in [1.54, 1.807) is 18.2 Å². The number of carbonyl (C=O) groups excluding carboxylic acids is 2. The summed E-state index contributed by atoms with van der Waals surface area (Å²) < 4.78 is 10.3. The molecule has 172 valence electrons. The molecule has 0 bridgehead atoms. The topological polar surface area (TPSA) is 100 Å². The number of benzene rings is 2. The van der Waals surface area contributed by atoms with Crippen molar-refractivity contribution >= 4 is 12.0 Å². The molecule has 0 heterocycles. The fraction of sp³-hybridized carbons (Fsp3) is 0.346. The van der Waals surface area contributed by atoms with Crippen LogP contribution in [0.5, 0.6) is 5.75 Å². The van der Waals surface area contributed by atoms with Crippen LogP contribution < -0.4 is 15.4 Å². The van der Waals surface area contributed by atoms with Crippen LogP contribution in [-0.2, 0) is 10.2 Å². The van der Waals surface area contributed by atoms with Crippen LogP contribution in [0.3, 0.4) is 0 Å². The second kappa shape index (κ2) is 10.7. The number of nitrogens with one attached hydrogen (secondary N) is 2. The number of ether oxygens (including phenoxy) is 2. The maximum absolute atomic E-state index is 12.9. The highest BCUT2D eigenvalue weighted by Gasteiger charge is 2.45. The van der Waals surface area contributed by atoms with Crippen LogP contribution in [0.25, 0.3) is 0 Å². The minimum absolute atomic E-state index is 0.0796. The SMILES string of the molecule is C=CCOC(=O)NC1(C#N)CCC(CNC(=O)c2ccccc2OC)(c2ccccc2)CC1. The third kappa shape index (κ3) is 5.53. The van der Waals surface area contributed by atoms with E-state index in [0.717, 1.165) is 5.56 Å². The molecule has 2 aromatic rings. The summed E-state index contributed by atoms with van der Waals surface area (Å²) in [6, 6.07) is 19.3. The normalized spacial score (nSPS) is 21.8. The van der Waals surface area contributed by atoms with Crippen molar-refractivity contribution in [2.45, 2.75) is 36.6 Å². The van der Waals surface area contributed by atoms with Crippen molar-refractivity contribution in [3.8, 4) is 11.8 Å². The van der Waals surface area contributed by atoms with Crippen LogP contribution in [0, 0.1) is 11.3 Å². The molecule has 0 spiro atoms. The van der Waals surface area contributed by atoms with Crippen molar-refractivity contribution in [2.24, 2.45) is 0 Å². The molecule has 0 saturated heterocycles. The number of alkyl carbamates (subject to hydrolysis) is 1. The molecule has 0 radical (unpaired) electrons. The Kier molecular flexibility index (Phi) is 7.73. The summed E-state index contributed by atoms with van der Waals surface area (Å²) in [5.74, 6) is 0.296. The minimum Gasteiger partial charge on any atom is -0.496 e. The molecule has 33 heavy (non-hydrogen) atoms. The number of nitrogens with zero attached hydrogens (tertiary/aromatic N) is 1. The van der Waals surface area contributed by atoms with E-state index in [1.807, 2.05) is 36.4 Å². The summed E-state index contributed by atoms with van der Waals surface area (Å²) in [5, 5.41) is 15.7. The third-order valence-electron chi connectivity index (χ3n) is 6.27. The van der Waals surface area contributed by atoms with E-state index >= 15 is 0 Å². The van der Waals surface area contributed by atoms with Gasteiger partial charge in [-0.15, -0.1) is 0 Å². The van der Waals surface area contributed by atoms with Crippen LogP contribution in [0.4, 0.5) is 4.79 Å². The van der Waals surface area contributed by atoms with Gasteiger partial charge in [0.05, 0.1) is 18.7 Å². The van der Waals surface area contributed by atoms with Crippen LogP contribution in [-0.4, -0.2) is 37.8 Å². The predicted octanol–water partition coefficient (Wildman–Crippen LogP) is 4.11. The number of methoxy groups -OCH3 is 1. The molecule has 0 atom stereocenters. The molecule has 7 nitrogen and oxygen atoms in total. The first-order valence-electron chi connectivity index (χ1n) is 10.9. The number of rotatable bonds is 8. The molecular formula is C26H29N3O4. The maximum atomic E-state index is 12.9. The molecule has 2 amide bonds. The van der Waals surface area contributed by atoms with E-state index in [-0.39, 0.29) is 17.9 Å². The lowest BCUT2D eigenvalue weighted by Gasteiger charge is -2.44. The summed E-state index contributed by atoms with van der Waals surface area (Å²) in [7, 11) is 1.53. The molecule has 1 aliphatic rings. The second-order valence-electron chi connectivity index (χ2n) is 8.24. The fourth-order valence-corrected chi connectivity index (χ4v) is 4.32. The van der Waals surface area contributed by atoms with Gasteiger partial charge >= 0.3 is 6.09 Å². The zero-order valence-corrected chi connectivity index (χ0v) is 18.8. The van der Waals surface area contributed by atoms with Crippen molar-refractivity contribution in [3.63, 3.8) is 0 Å². The molecule has 2 aromatic carbocycles. The third-order valence-corrected chi connectivity index (χ3v) is 6.27. The molecule has 0 aromatic heterocycles. The predicted molar refractivity (Wildman–Crippen MR) is 125 cm³/mol. The number of carbonyl (C=O) groups is 2. The van der Waals surface area contributed by atoms with Gasteiger partial charge in [-0.2, -0.15) is 5.26 Å². The zero-order valence-electron chi connectivity index (χ0n) is 18.8. The van der Waals surface area contributed by atoms with Gasteiger partial charge in [-0.25, -0.2) is 4.79 Å². The first-order valence-corrected chi connectivity index (χ1v) is 10.9. The van der Waals surface area contributed by atoms with E-state index in [0.29, 0.717) is 43.5 Å². The Hall–Kier alpha value is -3.79. The fourth-order valence-electron chi connectivity index (χ4n) is 4.32. The smallest absolute Gasteiger partial charge is 0.408 e. The number of para-hydroxylation sites is 1.